The molecule has 1 N–H and O–H groups in total. The van der Waals surface area contributed by atoms with E-state index in [2.05, 4.69) is 5.32 Å². The van der Waals surface area contributed by atoms with Crippen LogP contribution in [0.5, 0.6) is 0 Å². The van der Waals surface area contributed by atoms with Gasteiger partial charge in [-0.2, -0.15) is 0 Å². The Bertz CT molecular complexity index is 879. The first kappa shape index (κ1) is 16.3. The molecule has 8 heteroatoms. The van der Waals surface area contributed by atoms with Crippen LogP contribution in [0.2, 0.25) is 0 Å². The molecule has 2 aromatic rings. The van der Waals surface area contributed by atoms with Gasteiger partial charge in [0.1, 0.15) is 6.54 Å². The third-order valence-electron chi connectivity index (χ3n) is 3.80. The molecule has 3 amide bonds. The number of nitrogens with zero attached hydrogens (tertiary/aromatic N) is 2. The van der Waals surface area contributed by atoms with Crippen molar-refractivity contribution in [2.24, 2.45) is 0 Å². The highest BCUT2D eigenvalue weighted by atomic mass is 16.6. The zero-order chi connectivity index (χ0) is 18.0. The highest BCUT2D eigenvalue weighted by Crippen LogP contribution is 2.26. The van der Waals surface area contributed by atoms with E-state index in [4.69, 9.17) is 0 Å². The number of carbonyl (C=O) groups is 3. The van der Waals surface area contributed by atoms with Gasteiger partial charge in [0.2, 0.25) is 5.91 Å². The van der Waals surface area contributed by atoms with Crippen LogP contribution < -0.4 is 5.32 Å². The van der Waals surface area contributed by atoms with Crippen molar-refractivity contribution in [1.29, 1.82) is 0 Å². The van der Waals surface area contributed by atoms with E-state index in [0.717, 1.165) is 22.6 Å². The summed E-state index contributed by atoms with van der Waals surface area (Å²) in [5, 5.41) is 13.4. The van der Waals surface area contributed by atoms with Gasteiger partial charge in [0.05, 0.1) is 16.1 Å². The molecular formula is C17H13N3O5. The summed E-state index contributed by atoms with van der Waals surface area (Å²) >= 11 is 0. The van der Waals surface area contributed by atoms with Crippen molar-refractivity contribution in [3.05, 3.63) is 75.3 Å². The number of nitro benzene ring substituents is 1. The molecule has 25 heavy (non-hydrogen) atoms. The SMILES string of the molecule is O=C(CN1C(=O)c2ccc([N+](=O)[O-])cc2C1=O)NCc1ccccc1. The summed E-state index contributed by atoms with van der Waals surface area (Å²) in [6.07, 6.45) is 0. The zero-order valence-electron chi connectivity index (χ0n) is 13.0. The quantitative estimate of drug-likeness (QED) is 0.504. The molecule has 8 nitrogen and oxygen atoms in total. The van der Waals surface area contributed by atoms with Crippen LogP contribution in [0.3, 0.4) is 0 Å². The first-order valence-electron chi connectivity index (χ1n) is 7.42. The van der Waals surface area contributed by atoms with Gasteiger partial charge >= 0.3 is 0 Å². The lowest BCUT2D eigenvalue weighted by Gasteiger charge is -2.13. The summed E-state index contributed by atoms with van der Waals surface area (Å²) in [5.41, 5.74) is 0.602. The molecule has 0 spiro atoms. The number of fused-ring (bicyclic) bond motifs is 1. The zero-order valence-corrected chi connectivity index (χ0v) is 13.0. The molecule has 0 unspecified atom stereocenters. The lowest BCUT2D eigenvalue weighted by atomic mass is 10.1. The van der Waals surface area contributed by atoms with Crippen molar-refractivity contribution in [2.75, 3.05) is 6.54 Å². The molecule has 0 aromatic heterocycles. The van der Waals surface area contributed by atoms with Gasteiger partial charge in [-0.3, -0.25) is 29.4 Å². The summed E-state index contributed by atoms with van der Waals surface area (Å²) < 4.78 is 0. The van der Waals surface area contributed by atoms with E-state index in [-0.39, 0.29) is 23.4 Å². The van der Waals surface area contributed by atoms with E-state index in [1.807, 2.05) is 30.3 Å². The van der Waals surface area contributed by atoms with Gasteiger partial charge in [-0.1, -0.05) is 30.3 Å². The van der Waals surface area contributed by atoms with E-state index in [9.17, 15) is 24.5 Å². The van der Waals surface area contributed by atoms with Gasteiger partial charge in [0.15, 0.2) is 0 Å². The highest BCUT2D eigenvalue weighted by Gasteiger charge is 2.37. The maximum absolute atomic E-state index is 12.3. The number of nitrogens with one attached hydrogen (secondary N) is 1. The lowest BCUT2D eigenvalue weighted by Crippen LogP contribution is -2.40. The van der Waals surface area contributed by atoms with Gasteiger partial charge in [0, 0.05) is 18.7 Å². The number of nitro groups is 1. The minimum absolute atomic E-state index is 0.0601. The second kappa shape index (κ2) is 6.52. The van der Waals surface area contributed by atoms with E-state index in [1.54, 1.807) is 0 Å². The van der Waals surface area contributed by atoms with Gasteiger partial charge in [-0.15, -0.1) is 0 Å². The Hall–Kier alpha value is -3.55. The van der Waals surface area contributed by atoms with E-state index < -0.39 is 29.2 Å². The van der Waals surface area contributed by atoms with Crippen LogP contribution in [0.15, 0.2) is 48.5 Å². The van der Waals surface area contributed by atoms with Crippen LogP contribution in [0.4, 0.5) is 5.69 Å². The van der Waals surface area contributed by atoms with Crippen LogP contribution in [-0.4, -0.2) is 34.1 Å². The third kappa shape index (κ3) is 3.23. The van der Waals surface area contributed by atoms with Gasteiger partial charge in [-0.05, 0) is 11.6 Å². The molecule has 0 bridgehead atoms. The molecule has 1 aliphatic heterocycles. The fourth-order valence-corrected chi connectivity index (χ4v) is 2.53. The Balaban J connectivity index is 1.69. The molecule has 1 heterocycles. The number of carbonyl (C=O) groups excluding carboxylic acids is 3. The van der Waals surface area contributed by atoms with Crippen molar-refractivity contribution in [1.82, 2.24) is 10.2 Å². The van der Waals surface area contributed by atoms with Crippen LogP contribution >= 0.6 is 0 Å². The van der Waals surface area contributed by atoms with E-state index in [0.29, 0.717) is 0 Å². The Morgan fingerprint density at radius 1 is 1.04 bits per heavy atom. The number of rotatable bonds is 5. The monoisotopic (exact) mass is 339 g/mol. The summed E-state index contributed by atoms with van der Waals surface area (Å²) in [6, 6.07) is 12.6. The van der Waals surface area contributed by atoms with E-state index in [1.165, 1.54) is 6.07 Å². The Kier molecular flexibility index (Phi) is 4.25. The first-order chi connectivity index (χ1) is 12.0. The van der Waals surface area contributed by atoms with Crippen molar-refractivity contribution >= 4 is 23.4 Å². The average molecular weight is 339 g/mol. The van der Waals surface area contributed by atoms with Crippen molar-refractivity contribution in [3.8, 4) is 0 Å². The highest BCUT2D eigenvalue weighted by molar-refractivity contribution is 6.22. The van der Waals surface area contributed by atoms with Crippen molar-refractivity contribution < 1.29 is 19.3 Å². The first-order valence-corrected chi connectivity index (χ1v) is 7.42. The van der Waals surface area contributed by atoms with Gasteiger partial charge < -0.3 is 5.32 Å². The third-order valence-corrected chi connectivity index (χ3v) is 3.80. The van der Waals surface area contributed by atoms with Crippen LogP contribution in [-0.2, 0) is 11.3 Å². The summed E-state index contributed by atoms with van der Waals surface area (Å²) in [6.45, 7) is -0.165. The molecule has 0 aliphatic carbocycles. The minimum atomic E-state index is -0.710. The number of non-ortho nitro benzene ring substituents is 1. The molecule has 0 fully saturated rings. The van der Waals surface area contributed by atoms with Crippen LogP contribution in [0, 0.1) is 10.1 Å². The number of amides is 3. The number of hydrogen-bond donors (Lipinski definition) is 1. The molecule has 126 valence electrons. The molecule has 2 aromatic carbocycles. The Labute approximate surface area is 142 Å². The summed E-state index contributed by atoms with van der Waals surface area (Å²) in [7, 11) is 0. The smallest absolute Gasteiger partial charge is 0.270 e. The molecular weight excluding hydrogens is 326 g/mol. The number of benzene rings is 2. The maximum Gasteiger partial charge on any atom is 0.270 e. The normalized spacial score (nSPS) is 12.9. The molecule has 0 atom stereocenters. The summed E-state index contributed by atoms with van der Waals surface area (Å²) in [4.78, 5) is 47.5. The lowest BCUT2D eigenvalue weighted by molar-refractivity contribution is -0.384. The van der Waals surface area contributed by atoms with Crippen LogP contribution in [0.25, 0.3) is 0 Å². The standard InChI is InChI=1S/C17H13N3O5/c21-15(18-9-11-4-2-1-3-5-11)10-19-16(22)13-7-6-12(20(24)25)8-14(13)17(19)23/h1-8H,9-10H2,(H,18,21). The Morgan fingerprint density at radius 2 is 1.72 bits per heavy atom. The topological polar surface area (TPSA) is 110 Å². The molecule has 1 aliphatic rings. The average Bonchev–Trinajstić information content (AvgIpc) is 2.85. The van der Waals surface area contributed by atoms with Gasteiger partial charge in [-0.25, -0.2) is 0 Å². The minimum Gasteiger partial charge on any atom is -0.350 e. The second-order valence-corrected chi connectivity index (χ2v) is 5.45. The molecule has 0 saturated carbocycles. The fourth-order valence-electron chi connectivity index (χ4n) is 2.53. The predicted molar refractivity (Wildman–Crippen MR) is 86.8 cm³/mol. The largest absolute Gasteiger partial charge is 0.350 e. The predicted octanol–water partition coefficient (Wildman–Crippen LogP) is 1.51. The van der Waals surface area contributed by atoms with E-state index >= 15 is 0 Å². The molecule has 0 saturated heterocycles. The van der Waals surface area contributed by atoms with Gasteiger partial charge in [0.25, 0.3) is 17.5 Å². The fraction of sp³-hybridized carbons (Fsp3) is 0.118. The van der Waals surface area contributed by atoms with Crippen molar-refractivity contribution in [2.45, 2.75) is 6.54 Å². The number of imide groups is 1. The Morgan fingerprint density at radius 3 is 2.40 bits per heavy atom. The molecule has 0 radical (unpaired) electrons. The number of hydrogen-bond acceptors (Lipinski definition) is 5. The molecule has 3 rings (SSSR count). The maximum atomic E-state index is 12.3. The summed E-state index contributed by atoms with van der Waals surface area (Å²) in [5.74, 6) is -1.84. The van der Waals surface area contributed by atoms with Crippen LogP contribution in [0.1, 0.15) is 26.3 Å². The van der Waals surface area contributed by atoms with Crippen molar-refractivity contribution in [3.63, 3.8) is 0 Å². The second-order valence-electron chi connectivity index (χ2n) is 5.45.